The van der Waals surface area contributed by atoms with Crippen molar-refractivity contribution in [1.29, 1.82) is 0 Å². The third-order valence-electron chi connectivity index (χ3n) is 3.71. The minimum absolute atomic E-state index is 0.00623. The first-order valence-electron chi connectivity index (χ1n) is 7.05. The average Bonchev–Trinajstić information content (AvgIpc) is 2.36. The second-order valence-electron chi connectivity index (χ2n) is 6.70. The lowest BCUT2D eigenvalue weighted by Gasteiger charge is -2.29. The predicted molar refractivity (Wildman–Crippen MR) is 81.4 cm³/mol. The van der Waals surface area contributed by atoms with Gasteiger partial charge in [0.25, 0.3) is 0 Å². The number of carbonyl (C=O) groups excluding carboxylic acids is 1. The van der Waals surface area contributed by atoms with Crippen LogP contribution in [-0.2, 0) is 5.60 Å². The Morgan fingerprint density at radius 1 is 1.24 bits per heavy atom. The predicted octanol–water partition coefficient (Wildman–Crippen LogP) is 2.77. The summed E-state index contributed by atoms with van der Waals surface area (Å²) in [5.74, 6) is -0.362. The highest BCUT2D eigenvalue weighted by molar-refractivity contribution is 5.74. The number of rotatable bonds is 4. The van der Waals surface area contributed by atoms with Gasteiger partial charge in [0.2, 0.25) is 0 Å². The first kappa shape index (κ1) is 17.4. The zero-order valence-corrected chi connectivity index (χ0v) is 13.3. The Kier molecular flexibility index (Phi) is 5.34. The van der Waals surface area contributed by atoms with E-state index in [1.807, 2.05) is 27.7 Å². The molecule has 0 aliphatic carbocycles. The molecule has 1 aromatic carbocycles. The van der Waals surface area contributed by atoms with Crippen LogP contribution in [0.3, 0.4) is 0 Å². The van der Waals surface area contributed by atoms with Gasteiger partial charge in [0.1, 0.15) is 11.4 Å². The molecule has 5 heteroatoms. The molecule has 21 heavy (non-hydrogen) atoms. The smallest absolute Gasteiger partial charge is 0.315 e. The molecule has 1 aromatic rings. The highest BCUT2D eigenvalue weighted by Gasteiger charge is 2.25. The fourth-order valence-corrected chi connectivity index (χ4v) is 1.63. The third kappa shape index (κ3) is 5.34. The van der Waals surface area contributed by atoms with Crippen molar-refractivity contribution in [3.63, 3.8) is 0 Å². The van der Waals surface area contributed by atoms with Crippen LogP contribution in [0.4, 0.5) is 9.18 Å². The summed E-state index contributed by atoms with van der Waals surface area (Å²) in [7, 11) is 0. The van der Waals surface area contributed by atoms with Crippen molar-refractivity contribution >= 4 is 6.03 Å². The number of aliphatic hydroxyl groups is 1. The number of halogens is 1. The molecular formula is C16H25FN2O2. The quantitative estimate of drug-likeness (QED) is 0.800. The van der Waals surface area contributed by atoms with E-state index in [0.29, 0.717) is 5.56 Å². The molecule has 2 amide bonds. The Labute approximate surface area is 125 Å². The summed E-state index contributed by atoms with van der Waals surface area (Å²) in [6.07, 6.45) is 0. The summed E-state index contributed by atoms with van der Waals surface area (Å²) < 4.78 is 12.9. The monoisotopic (exact) mass is 296 g/mol. The molecule has 1 rings (SSSR count). The van der Waals surface area contributed by atoms with Crippen LogP contribution < -0.4 is 10.6 Å². The van der Waals surface area contributed by atoms with Crippen molar-refractivity contribution < 1.29 is 14.3 Å². The SMILES string of the molecule is CC(NC(=O)NCC(C)(O)c1ccc(F)cc1)C(C)(C)C. The molecule has 118 valence electrons. The Hall–Kier alpha value is -1.62. The lowest BCUT2D eigenvalue weighted by Crippen LogP contribution is -2.49. The average molecular weight is 296 g/mol. The van der Waals surface area contributed by atoms with Crippen molar-refractivity contribution in [2.45, 2.75) is 46.3 Å². The van der Waals surface area contributed by atoms with Gasteiger partial charge in [-0.3, -0.25) is 0 Å². The maximum absolute atomic E-state index is 12.9. The molecule has 3 N–H and O–H groups in total. The Morgan fingerprint density at radius 3 is 2.24 bits per heavy atom. The van der Waals surface area contributed by atoms with E-state index in [9.17, 15) is 14.3 Å². The Bertz CT molecular complexity index is 478. The number of amides is 2. The molecule has 4 nitrogen and oxygen atoms in total. The fourth-order valence-electron chi connectivity index (χ4n) is 1.63. The lowest BCUT2D eigenvalue weighted by atomic mass is 9.88. The van der Waals surface area contributed by atoms with Crippen LogP contribution in [0, 0.1) is 11.2 Å². The second-order valence-corrected chi connectivity index (χ2v) is 6.70. The summed E-state index contributed by atoms with van der Waals surface area (Å²) in [5, 5.41) is 15.8. The Balaban J connectivity index is 2.57. The summed E-state index contributed by atoms with van der Waals surface area (Å²) >= 11 is 0. The van der Waals surface area contributed by atoms with Crippen LogP contribution in [0.15, 0.2) is 24.3 Å². The number of benzene rings is 1. The van der Waals surface area contributed by atoms with Crippen molar-refractivity contribution in [2.24, 2.45) is 5.41 Å². The largest absolute Gasteiger partial charge is 0.384 e. The van der Waals surface area contributed by atoms with E-state index in [1.165, 1.54) is 24.3 Å². The van der Waals surface area contributed by atoms with E-state index in [2.05, 4.69) is 10.6 Å². The van der Waals surface area contributed by atoms with Gasteiger partial charge in [-0.1, -0.05) is 32.9 Å². The van der Waals surface area contributed by atoms with Crippen LogP contribution >= 0.6 is 0 Å². The van der Waals surface area contributed by atoms with Gasteiger partial charge in [-0.15, -0.1) is 0 Å². The number of hydrogen-bond donors (Lipinski definition) is 3. The lowest BCUT2D eigenvalue weighted by molar-refractivity contribution is 0.0590. The fraction of sp³-hybridized carbons (Fsp3) is 0.562. The molecule has 0 spiro atoms. The van der Waals surface area contributed by atoms with Crippen LogP contribution in [0.2, 0.25) is 0 Å². The number of carbonyl (C=O) groups is 1. The van der Waals surface area contributed by atoms with Gasteiger partial charge in [0, 0.05) is 6.04 Å². The Morgan fingerprint density at radius 2 is 1.76 bits per heavy atom. The van der Waals surface area contributed by atoms with Gasteiger partial charge in [-0.2, -0.15) is 0 Å². The molecule has 0 radical (unpaired) electrons. The molecule has 0 saturated heterocycles. The molecule has 0 saturated carbocycles. The van der Waals surface area contributed by atoms with Crippen molar-refractivity contribution in [3.05, 3.63) is 35.6 Å². The van der Waals surface area contributed by atoms with Crippen LogP contribution in [-0.4, -0.2) is 23.7 Å². The summed E-state index contributed by atoms with van der Waals surface area (Å²) in [6, 6.07) is 5.24. The molecule has 0 aliphatic rings. The molecule has 0 aliphatic heterocycles. The maximum atomic E-state index is 12.9. The first-order valence-corrected chi connectivity index (χ1v) is 7.05. The van der Waals surface area contributed by atoms with Crippen LogP contribution in [0.5, 0.6) is 0 Å². The molecule has 2 atom stereocenters. The second kappa shape index (κ2) is 6.43. The molecule has 0 heterocycles. The van der Waals surface area contributed by atoms with E-state index >= 15 is 0 Å². The normalized spacial score (nSPS) is 16.0. The zero-order valence-electron chi connectivity index (χ0n) is 13.3. The number of urea groups is 1. The molecule has 0 bridgehead atoms. The van der Waals surface area contributed by atoms with Gasteiger partial charge in [0.05, 0.1) is 6.54 Å². The number of nitrogens with one attached hydrogen (secondary N) is 2. The summed E-state index contributed by atoms with van der Waals surface area (Å²) in [4.78, 5) is 11.8. The van der Waals surface area contributed by atoms with Gasteiger partial charge >= 0.3 is 6.03 Å². The minimum atomic E-state index is -1.25. The molecule has 0 aromatic heterocycles. The summed E-state index contributed by atoms with van der Waals surface area (Å²) in [6.45, 7) is 9.65. The van der Waals surface area contributed by atoms with Crippen molar-refractivity contribution in [2.75, 3.05) is 6.54 Å². The number of hydrogen-bond acceptors (Lipinski definition) is 2. The van der Waals surface area contributed by atoms with Crippen LogP contribution in [0.25, 0.3) is 0 Å². The van der Waals surface area contributed by atoms with E-state index in [4.69, 9.17) is 0 Å². The molecule has 2 unspecified atom stereocenters. The molecule has 0 fully saturated rings. The van der Waals surface area contributed by atoms with Crippen LogP contribution in [0.1, 0.15) is 40.2 Å². The van der Waals surface area contributed by atoms with E-state index < -0.39 is 5.60 Å². The standard InChI is InChI=1S/C16H25FN2O2/c1-11(15(2,3)4)19-14(20)18-10-16(5,21)12-6-8-13(17)9-7-12/h6-9,11,21H,10H2,1-5H3,(H2,18,19,20). The maximum Gasteiger partial charge on any atom is 0.315 e. The topological polar surface area (TPSA) is 61.4 Å². The highest BCUT2D eigenvalue weighted by atomic mass is 19.1. The van der Waals surface area contributed by atoms with Crippen molar-refractivity contribution in [1.82, 2.24) is 10.6 Å². The first-order chi connectivity index (χ1) is 9.52. The zero-order chi connectivity index (χ0) is 16.3. The van der Waals surface area contributed by atoms with Gasteiger partial charge in [0.15, 0.2) is 0 Å². The van der Waals surface area contributed by atoms with Crippen molar-refractivity contribution in [3.8, 4) is 0 Å². The third-order valence-corrected chi connectivity index (χ3v) is 3.71. The van der Waals surface area contributed by atoms with E-state index in [1.54, 1.807) is 6.92 Å². The van der Waals surface area contributed by atoms with E-state index in [0.717, 1.165) is 0 Å². The van der Waals surface area contributed by atoms with Gasteiger partial charge in [-0.25, -0.2) is 9.18 Å². The van der Waals surface area contributed by atoms with Gasteiger partial charge < -0.3 is 15.7 Å². The van der Waals surface area contributed by atoms with E-state index in [-0.39, 0.29) is 29.8 Å². The molecular weight excluding hydrogens is 271 g/mol. The van der Waals surface area contributed by atoms with Gasteiger partial charge in [-0.05, 0) is 37.0 Å². The summed E-state index contributed by atoms with van der Waals surface area (Å²) in [5.41, 5.74) is -0.750. The highest BCUT2D eigenvalue weighted by Crippen LogP contribution is 2.20. The minimum Gasteiger partial charge on any atom is -0.384 e.